The summed E-state index contributed by atoms with van der Waals surface area (Å²) in [5, 5.41) is 12.8. The average Bonchev–Trinajstić information content (AvgIpc) is 2.24. The second-order valence-corrected chi connectivity index (χ2v) is 3.99. The van der Waals surface area contributed by atoms with Crippen LogP contribution in [0, 0.1) is 13.8 Å². The van der Waals surface area contributed by atoms with Gasteiger partial charge in [-0.3, -0.25) is 10.1 Å². The molecule has 3 amide bonds. The number of carboxylic acids is 1. The van der Waals surface area contributed by atoms with Crippen LogP contribution in [0.15, 0.2) is 30.4 Å². The Kier molecular flexibility index (Phi) is 4.82. The molecule has 0 bridgehead atoms. The fourth-order valence-electron chi connectivity index (χ4n) is 1.51. The highest BCUT2D eigenvalue weighted by molar-refractivity contribution is 6.06. The molecular formula is C13H14N2O4. The van der Waals surface area contributed by atoms with Crippen molar-refractivity contribution in [3.8, 4) is 0 Å². The van der Waals surface area contributed by atoms with Crippen LogP contribution in [0.4, 0.5) is 10.5 Å². The molecule has 0 fully saturated rings. The van der Waals surface area contributed by atoms with E-state index >= 15 is 0 Å². The van der Waals surface area contributed by atoms with E-state index in [2.05, 4.69) is 5.32 Å². The van der Waals surface area contributed by atoms with E-state index in [0.717, 1.165) is 17.2 Å². The number of hydrogen-bond acceptors (Lipinski definition) is 3. The van der Waals surface area contributed by atoms with Crippen LogP contribution in [0.25, 0.3) is 0 Å². The number of aliphatic carboxylic acids is 1. The number of urea groups is 1. The Hall–Kier alpha value is -2.63. The van der Waals surface area contributed by atoms with Crippen LogP contribution in [0.1, 0.15) is 11.1 Å². The second-order valence-electron chi connectivity index (χ2n) is 3.99. The first kappa shape index (κ1) is 14.4. The van der Waals surface area contributed by atoms with E-state index in [9.17, 15) is 14.4 Å². The Labute approximate surface area is 110 Å². The number of aryl methyl sites for hydroxylation is 2. The molecule has 0 aliphatic heterocycles. The molecule has 0 atom stereocenters. The van der Waals surface area contributed by atoms with Gasteiger partial charge in [-0.15, -0.1) is 0 Å². The Morgan fingerprint density at radius 3 is 2.16 bits per heavy atom. The Bertz CT molecular complexity index is 529. The van der Waals surface area contributed by atoms with Gasteiger partial charge < -0.3 is 10.4 Å². The molecule has 0 saturated heterocycles. The molecule has 1 rings (SSSR count). The van der Waals surface area contributed by atoms with E-state index < -0.39 is 17.9 Å². The summed E-state index contributed by atoms with van der Waals surface area (Å²) in [4.78, 5) is 32.8. The number of carbonyl (C=O) groups excluding carboxylic acids is 2. The van der Waals surface area contributed by atoms with Crippen molar-refractivity contribution in [2.75, 3.05) is 5.32 Å². The highest BCUT2D eigenvalue weighted by Gasteiger charge is 2.06. The molecule has 0 aliphatic rings. The first-order valence-electron chi connectivity index (χ1n) is 5.48. The maximum atomic E-state index is 11.5. The summed E-state index contributed by atoms with van der Waals surface area (Å²) < 4.78 is 0. The highest BCUT2D eigenvalue weighted by Crippen LogP contribution is 2.13. The molecule has 1 aromatic carbocycles. The number of benzene rings is 1. The normalized spacial score (nSPS) is 10.2. The molecule has 0 saturated carbocycles. The lowest BCUT2D eigenvalue weighted by Crippen LogP contribution is -2.33. The third-order valence-corrected chi connectivity index (χ3v) is 2.09. The van der Waals surface area contributed by atoms with Gasteiger partial charge in [-0.1, -0.05) is 6.07 Å². The van der Waals surface area contributed by atoms with Crippen molar-refractivity contribution in [2.24, 2.45) is 0 Å². The Morgan fingerprint density at radius 2 is 1.63 bits per heavy atom. The molecule has 0 radical (unpaired) electrons. The molecule has 0 heterocycles. The van der Waals surface area contributed by atoms with Gasteiger partial charge in [0.05, 0.1) is 0 Å². The summed E-state index contributed by atoms with van der Waals surface area (Å²) >= 11 is 0. The highest BCUT2D eigenvalue weighted by atomic mass is 16.4. The van der Waals surface area contributed by atoms with Crippen LogP contribution < -0.4 is 10.6 Å². The number of anilines is 1. The largest absolute Gasteiger partial charge is 0.478 e. The van der Waals surface area contributed by atoms with Gasteiger partial charge in [-0.05, 0) is 37.1 Å². The second kappa shape index (κ2) is 6.34. The van der Waals surface area contributed by atoms with Gasteiger partial charge in [0.2, 0.25) is 0 Å². The standard InChI is InChI=1S/C13H14N2O4/c1-8-5-9(2)7-10(6-8)14-13(19)15-11(16)3-4-12(17)18/h3-7H,1-2H3,(H,17,18)(H2,14,15,16,19)/b4-3+. The van der Waals surface area contributed by atoms with E-state index in [1.807, 2.05) is 25.2 Å². The maximum absolute atomic E-state index is 11.5. The van der Waals surface area contributed by atoms with Crippen LogP contribution in [0.2, 0.25) is 0 Å². The molecule has 0 aliphatic carbocycles. The lowest BCUT2D eigenvalue weighted by atomic mass is 10.1. The summed E-state index contributed by atoms with van der Waals surface area (Å²) in [5.41, 5.74) is 2.52. The van der Waals surface area contributed by atoms with Gasteiger partial charge in [0, 0.05) is 17.8 Å². The smallest absolute Gasteiger partial charge is 0.328 e. The summed E-state index contributed by atoms with van der Waals surface area (Å²) in [5.74, 6) is -2.06. The van der Waals surface area contributed by atoms with E-state index in [1.54, 1.807) is 12.1 Å². The van der Waals surface area contributed by atoms with Crippen LogP contribution in [0.3, 0.4) is 0 Å². The summed E-state index contributed by atoms with van der Waals surface area (Å²) in [6, 6.07) is 4.74. The zero-order valence-electron chi connectivity index (χ0n) is 10.6. The molecule has 0 spiro atoms. The SMILES string of the molecule is Cc1cc(C)cc(NC(=O)NC(=O)/C=C/C(=O)O)c1. The van der Waals surface area contributed by atoms with Crippen molar-refractivity contribution in [3.05, 3.63) is 41.5 Å². The molecule has 1 aromatic rings. The minimum atomic E-state index is -1.26. The van der Waals surface area contributed by atoms with Crippen molar-refractivity contribution in [3.63, 3.8) is 0 Å². The number of amides is 3. The van der Waals surface area contributed by atoms with Crippen molar-refractivity contribution >= 4 is 23.6 Å². The summed E-state index contributed by atoms with van der Waals surface area (Å²) in [6.07, 6.45) is 1.42. The fraction of sp³-hybridized carbons (Fsp3) is 0.154. The van der Waals surface area contributed by atoms with Gasteiger partial charge in [0.1, 0.15) is 0 Å². The van der Waals surface area contributed by atoms with Crippen molar-refractivity contribution in [2.45, 2.75) is 13.8 Å². The molecule has 19 heavy (non-hydrogen) atoms. The van der Waals surface area contributed by atoms with Crippen molar-refractivity contribution < 1.29 is 19.5 Å². The minimum absolute atomic E-state index is 0.560. The third-order valence-electron chi connectivity index (χ3n) is 2.09. The lowest BCUT2D eigenvalue weighted by Gasteiger charge is -2.07. The third kappa shape index (κ3) is 5.49. The molecule has 0 aromatic heterocycles. The predicted molar refractivity (Wildman–Crippen MR) is 69.9 cm³/mol. The Morgan fingerprint density at radius 1 is 1.05 bits per heavy atom. The first-order valence-corrected chi connectivity index (χ1v) is 5.48. The zero-order chi connectivity index (χ0) is 14.4. The van der Waals surface area contributed by atoms with Gasteiger partial charge in [0.25, 0.3) is 5.91 Å². The molecule has 6 heteroatoms. The van der Waals surface area contributed by atoms with E-state index in [1.165, 1.54) is 0 Å². The van der Waals surface area contributed by atoms with Crippen LogP contribution in [-0.4, -0.2) is 23.0 Å². The number of nitrogens with one attached hydrogen (secondary N) is 2. The molecule has 100 valence electrons. The predicted octanol–water partition coefficient (Wildman–Crippen LogP) is 1.59. The van der Waals surface area contributed by atoms with Gasteiger partial charge in [-0.25, -0.2) is 9.59 Å². The van der Waals surface area contributed by atoms with Gasteiger partial charge in [0.15, 0.2) is 0 Å². The lowest BCUT2D eigenvalue weighted by molar-refractivity contribution is -0.131. The zero-order valence-corrected chi connectivity index (χ0v) is 10.6. The quantitative estimate of drug-likeness (QED) is 0.721. The fourth-order valence-corrected chi connectivity index (χ4v) is 1.51. The number of rotatable bonds is 3. The summed E-state index contributed by atoms with van der Waals surface area (Å²) in [6.45, 7) is 3.77. The van der Waals surface area contributed by atoms with Crippen LogP contribution in [0.5, 0.6) is 0 Å². The monoisotopic (exact) mass is 262 g/mol. The average molecular weight is 262 g/mol. The topological polar surface area (TPSA) is 95.5 Å². The molecule has 3 N–H and O–H groups in total. The first-order chi connectivity index (χ1) is 8.86. The van der Waals surface area contributed by atoms with Crippen LogP contribution in [-0.2, 0) is 9.59 Å². The molecular weight excluding hydrogens is 248 g/mol. The van der Waals surface area contributed by atoms with Gasteiger partial charge >= 0.3 is 12.0 Å². The minimum Gasteiger partial charge on any atom is -0.478 e. The van der Waals surface area contributed by atoms with Gasteiger partial charge in [-0.2, -0.15) is 0 Å². The number of hydrogen-bond donors (Lipinski definition) is 3. The molecule has 0 unspecified atom stereocenters. The van der Waals surface area contributed by atoms with E-state index in [4.69, 9.17) is 5.11 Å². The number of carbonyl (C=O) groups is 3. The van der Waals surface area contributed by atoms with Crippen molar-refractivity contribution in [1.82, 2.24) is 5.32 Å². The molecule has 6 nitrogen and oxygen atoms in total. The van der Waals surface area contributed by atoms with Crippen molar-refractivity contribution in [1.29, 1.82) is 0 Å². The number of carboxylic acid groups (broad SMARTS) is 1. The number of imide groups is 1. The Balaban J connectivity index is 2.60. The van der Waals surface area contributed by atoms with E-state index in [-0.39, 0.29) is 0 Å². The van der Waals surface area contributed by atoms with Crippen LogP contribution >= 0.6 is 0 Å². The summed E-state index contributed by atoms with van der Waals surface area (Å²) in [7, 11) is 0. The van der Waals surface area contributed by atoms with E-state index in [0.29, 0.717) is 11.8 Å². The maximum Gasteiger partial charge on any atom is 0.328 e.